The number of nitrogens with zero attached hydrogens (tertiary/aromatic N) is 1. The van der Waals surface area contributed by atoms with Crippen LogP contribution in [-0.2, 0) is 6.54 Å². The summed E-state index contributed by atoms with van der Waals surface area (Å²) in [7, 11) is 1.85. The Hall–Kier alpha value is -1.39. The van der Waals surface area contributed by atoms with E-state index in [4.69, 9.17) is 0 Å². The lowest BCUT2D eigenvalue weighted by Gasteiger charge is -2.21. The molecule has 20 heavy (non-hydrogen) atoms. The average molecular weight is 338 g/mol. The summed E-state index contributed by atoms with van der Waals surface area (Å²) in [6.07, 6.45) is -0.657. The Bertz CT molecular complexity index is 584. The van der Waals surface area contributed by atoms with E-state index in [9.17, 15) is 9.50 Å². The molecule has 0 unspecified atom stereocenters. The van der Waals surface area contributed by atoms with Gasteiger partial charge in [0.25, 0.3) is 0 Å². The lowest BCUT2D eigenvalue weighted by molar-refractivity contribution is 0.199. The van der Waals surface area contributed by atoms with E-state index in [2.05, 4.69) is 15.9 Å². The van der Waals surface area contributed by atoms with Crippen LogP contribution in [-0.4, -0.2) is 12.2 Å². The van der Waals surface area contributed by atoms with Crippen LogP contribution >= 0.6 is 15.9 Å². The van der Waals surface area contributed by atoms with Crippen molar-refractivity contribution in [1.29, 1.82) is 0 Å². The molecule has 1 N–H and O–H groups in total. The molecule has 0 radical (unpaired) electrons. The normalized spacial score (nSPS) is 12.2. The minimum atomic E-state index is -0.657. The van der Waals surface area contributed by atoms with Gasteiger partial charge in [-0.05, 0) is 42.3 Å². The maximum Gasteiger partial charge on any atom is 0.146 e. The van der Waals surface area contributed by atoms with Gasteiger partial charge in [-0.1, -0.05) is 34.1 Å². The van der Waals surface area contributed by atoms with Gasteiger partial charge in [0.15, 0.2) is 0 Å². The lowest BCUT2D eigenvalue weighted by Crippen LogP contribution is -2.17. The van der Waals surface area contributed by atoms with Crippen molar-refractivity contribution in [3.05, 3.63) is 63.9 Å². The molecule has 0 aliphatic rings. The second-order valence-corrected chi connectivity index (χ2v) is 5.79. The molecule has 2 aromatic rings. The molecular weight excluding hydrogens is 321 g/mol. The summed E-state index contributed by atoms with van der Waals surface area (Å²) in [5, 5.41) is 9.45. The van der Waals surface area contributed by atoms with Crippen molar-refractivity contribution < 1.29 is 9.50 Å². The van der Waals surface area contributed by atoms with Gasteiger partial charge in [0.05, 0.1) is 11.8 Å². The van der Waals surface area contributed by atoms with Crippen molar-refractivity contribution in [2.24, 2.45) is 0 Å². The molecule has 0 aliphatic heterocycles. The number of rotatable bonds is 4. The van der Waals surface area contributed by atoms with Gasteiger partial charge in [0.2, 0.25) is 0 Å². The predicted molar refractivity (Wildman–Crippen MR) is 83.3 cm³/mol. The third-order valence-electron chi connectivity index (χ3n) is 3.20. The van der Waals surface area contributed by atoms with Crippen molar-refractivity contribution in [1.82, 2.24) is 0 Å². The molecule has 0 bridgehead atoms. The number of hydrogen-bond acceptors (Lipinski definition) is 2. The first-order valence-corrected chi connectivity index (χ1v) is 7.20. The molecule has 0 saturated carbocycles. The highest BCUT2D eigenvalue weighted by molar-refractivity contribution is 9.10. The van der Waals surface area contributed by atoms with E-state index in [1.807, 2.05) is 36.2 Å². The molecule has 0 heterocycles. The summed E-state index contributed by atoms with van der Waals surface area (Å²) in [4.78, 5) is 1.85. The number of anilines is 1. The molecule has 2 aromatic carbocycles. The Labute approximate surface area is 127 Å². The Morgan fingerprint density at radius 2 is 1.85 bits per heavy atom. The second kappa shape index (κ2) is 6.37. The summed E-state index contributed by atoms with van der Waals surface area (Å²) in [5.74, 6) is -0.317. The van der Waals surface area contributed by atoms with Crippen LogP contribution in [0.25, 0.3) is 0 Å². The smallest absolute Gasteiger partial charge is 0.146 e. The number of benzene rings is 2. The number of aliphatic hydroxyl groups excluding tert-OH is 1. The highest BCUT2D eigenvalue weighted by Crippen LogP contribution is 2.24. The standard InChI is InChI=1S/C16H17BrFNO/c1-11(20)13-5-8-16(15(18)9-13)19(2)10-12-3-6-14(17)7-4-12/h3-9,11,20H,10H2,1-2H3/t11-/m0/s1. The summed E-state index contributed by atoms with van der Waals surface area (Å²) in [5.41, 5.74) is 2.22. The average Bonchev–Trinajstić information content (AvgIpc) is 2.41. The van der Waals surface area contributed by atoms with Gasteiger partial charge in [0, 0.05) is 18.1 Å². The third kappa shape index (κ3) is 3.58. The predicted octanol–water partition coefficient (Wildman–Crippen LogP) is 4.28. The van der Waals surface area contributed by atoms with Gasteiger partial charge in [0.1, 0.15) is 5.82 Å². The van der Waals surface area contributed by atoms with Crippen molar-refractivity contribution in [2.45, 2.75) is 19.6 Å². The van der Waals surface area contributed by atoms with Crippen molar-refractivity contribution in [3.8, 4) is 0 Å². The van der Waals surface area contributed by atoms with Gasteiger partial charge in [-0.2, -0.15) is 0 Å². The van der Waals surface area contributed by atoms with Crippen LogP contribution < -0.4 is 4.90 Å². The highest BCUT2D eigenvalue weighted by Gasteiger charge is 2.11. The Morgan fingerprint density at radius 3 is 2.40 bits per heavy atom. The van der Waals surface area contributed by atoms with Gasteiger partial charge < -0.3 is 10.0 Å². The minimum Gasteiger partial charge on any atom is -0.389 e. The third-order valence-corrected chi connectivity index (χ3v) is 3.73. The van der Waals surface area contributed by atoms with E-state index in [0.717, 1.165) is 10.0 Å². The van der Waals surface area contributed by atoms with E-state index in [0.29, 0.717) is 17.8 Å². The van der Waals surface area contributed by atoms with Crippen LogP contribution in [0.2, 0.25) is 0 Å². The molecule has 2 nitrogen and oxygen atoms in total. The van der Waals surface area contributed by atoms with Gasteiger partial charge >= 0.3 is 0 Å². The van der Waals surface area contributed by atoms with Crippen LogP contribution in [0.1, 0.15) is 24.2 Å². The Morgan fingerprint density at radius 1 is 1.20 bits per heavy atom. The zero-order valence-electron chi connectivity index (χ0n) is 11.5. The molecule has 0 saturated heterocycles. The maximum absolute atomic E-state index is 14.1. The second-order valence-electron chi connectivity index (χ2n) is 4.87. The molecule has 0 amide bonds. The van der Waals surface area contributed by atoms with Crippen LogP contribution in [0.5, 0.6) is 0 Å². The summed E-state index contributed by atoms with van der Waals surface area (Å²) >= 11 is 3.39. The molecular formula is C16H17BrFNO. The van der Waals surface area contributed by atoms with Gasteiger partial charge in [-0.25, -0.2) is 4.39 Å². The van der Waals surface area contributed by atoms with E-state index < -0.39 is 6.10 Å². The van der Waals surface area contributed by atoms with E-state index in [-0.39, 0.29) is 5.82 Å². The zero-order valence-corrected chi connectivity index (χ0v) is 13.1. The Balaban J connectivity index is 2.16. The lowest BCUT2D eigenvalue weighted by atomic mass is 10.1. The molecule has 1 atom stereocenters. The van der Waals surface area contributed by atoms with E-state index >= 15 is 0 Å². The fraction of sp³-hybridized carbons (Fsp3) is 0.250. The fourth-order valence-electron chi connectivity index (χ4n) is 2.04. The summed E-state index contributed by atoms with van der Waals surface area (Å²) < 4.78 is 15.1. The molecule has 0 aliphatic carbocycles. The van der Waals surface area contributed by atoms with Crippen LogP contribution in [0.15, 0.2) is 46.9 Å². The topological polar surface area (TPSA) is 23.5 Å². The SMILES string of the molecule is C[C@H](O)c1ccc(N(C)Cc2ccc(Br)cc2)c(F)c1. The molecule has 2 rings (SSSR count). The largest absolute Gasteiger partial charge is 0.389 e. The minimum absolute atomic E-state index is 0.317. The van der Waals surface area contributed by atoms with E-state index in [1.54, 1.807) is 19.1 Å². The quantitative estimate of drug-likeness (QED) is 0.900. The number of halogens is 2. The van der Waals surface area contributed by atoms with Crippen LogP contribution in [0.3, 0.4) is 0 Å². The van der Waals surface area contributed by atoms with Crippen LogP contribution in [0.4, 0.5) is 10.1 Å². The van der Waals surface area contributed by atoms with Crippen molar-refractivity contribution in [3.63, 3.8) is 0 Å². The Kier molecular flexibility index (Phi) is 4.78. The zero-order chi connectivity index (χ0) is 14.7. The number of aliphatic hydroxyl groups is 1. The maximum atomic E-state index is 14.1. The summed E-state index contributed by atoms with van der Waals surface area (Å²) in [6, 6.07) is 12.8. The highest BCUT2D eigenvalue weighted by atomic mass is 79.9. The molecule has 0 aromatic heterocycles. The van der Waals surface area contributed by atoms with Gasteiger partial charge in [-0.15, -0.1) is 0 Å². The van der Waals surface area contributed by atoms with Gasteiger partial charge in [-0.3, -0.25) is 0 Å². The first-order valence-electron chi connectivity index (χ1n) is 6.40. The molecule has 0 spiro atoms. The van der Waals surface area contributed by atoms with E-state index in [1.165, 1.54) is 6.07 Å². The first kappa shape index (κ1) is 15.0. The molecule has 4 heteroatoms. The molecule has 106 valence electrons. The monoisotopic (exact) mass is 337 g/mol. The van der Waals surface area contributed by atoms with Crippen LogP contribution in [0, 0.1) is 5.82 Å². The fourth-order valence-corrected chi connectivity index (χ4v) is 2.31. The van der Waals surface area contributed by atoms with Crippen molar-refractivity contribution >= 4 is 21.6 Å². The van der Waals surface area contributed by atoms with Crippen molar-refractivity contribution in [2.75, 3.05) is 11.9 Å². The first-order chi connectivity index (χ1) is 9.47. The number of hydrogen-bond donors (Lipinski definition) is 1. The molecule has 0 fully saturated rings. The summed E-state index contributed by atoms with van der Waals surface area (Å²) in [6.45, 7) is 2.25.